The molecule has 6 rings (SSSR count). The summed E-state index contributed by atoms with van der Waals surface area (Å²) in [6.07, 6.45) is 13.3. The zero-order valence-electron chi connectivity index (χ0n) is 30.0. The topological polar surface area (TPSA) is 90.7 Å². The summed E-state index contributed by atoms with van der Waals surface area (Å²) in [4.78, 5) is 31.9. The van der Waals surface area contributed by atoms with Crippen molar-refractivity contribution in [2.24, 2.45) is 51.2 Å². The van der Waals surface area contributed by atoms with Crippen LogP contribution in [0.25, 0.3) is 0 Å². The van der Waals surface area contributed by atoms with Crippen LogP contribution in [0.3, 0.4) is 0 Å². The largest absolute Gasteiger partial charge is 0.465 e. The Morgan fingerprint density at radius 1 is 1.04 bits per heavy atom. The average molecular weight is 649 g/mol. The quantitative estimate of drug-likeness (QED) is 0.157. The number of hydrogen-bond acceptors (Lipinski definition) is 6. The molecule has 2 heterocycles. The summed E-state index contributed by atoms with van der Waals surface area (Å²) in [6.45, 7) is 23.6. The molecule has 1 aromatic heterocycles. The second kappa shape index (κ2) is 12.5. The Balaban J connectivity index is 1.23. The maximum absolute atomic E-state index is 14.3. The highest BCUT2D eigenvalue weighted by molar-refractivity contribution is 5.78. The number of unbranched alkanes of at least 4 members (excludes halogenated alkanes) is 3. The zero-order valence-corrected chi connectivity index (χ0v) is 30.0. The number of ether oxygens (including phenoxy) is 2. The number of fused-ring (bicyclic) bond motifs is 4. The Labute approximate surface area is 283 Å². The van der Waals surface area contributed by atoms with Gasteiger partial charge >= 0.3 is 11.9 Å². The molecular weight excluding hydrogens is 588 g/mol. The molecule has 7 nitrogen and oxygen atoms in total. The minimum absolute atomic E-state index is 0.0152. The molecule has 1 aliphatic heterocycles. The van der Waals surface area contributed by atoms with Crippen molar-refractivity contribution in [1.82, 2.24) is 9.55 Å². The first kappa shape index (κ1) is 34.5. The predicted molar refractivity (Wildman–Crippen MR) is 183 cm³/mol. The molecule has 0 bridgehead atoms. The molecule has 4 aliphatic carbocycles. The number of aryl methyl sites for hydroxylation is 2. The number of rotatable bonds is 10. The summed E-state index contributed by atoms with van der Waals surface area (Å²) < 4.78 is 14.7. The highest BCUT2D eigenvalue weighted by Crippen LogP contribution is 2.77. The van der Waals surface area contributed by atoms with Crippen LogP contribution in [0, 0.1) is 58.2 Å². The maximum Gasteiger partial charge on any atom is 0.312 e. The smallest absolute Gasteiger partial charge is 0.312 e. The number of nitrogens with zero attached hydrogens (tertiary/aromatic N) is 2. The van der Waals surface area contributed by atoms with E-state index >= 15 is 0 Å². The third kappa shape index (κ3) is 5.36. The van der Waals surface area contributed by atoms with E-state index in [9.17, 15) is 14.7 Å². The number of allylic oxidation sites excluding steroid dienone is 2. The minimum Gasteiger partial charge on any atom is -0.465 e. The van der Waals surface area contributed by atoms with Gasteiger partial charge in [-0.05, 0) is 119 Å². The Kier molecular flexibility index (Phi) is 9.15. The lowest BCUT2D eigenvalue weighted by atomic mass is 9.33. The molecule has 260 valence electrons. The number of imidazole rings is 1. The number of aliphatic hydroxyl groups is 1. The van der Waals surface area contributed by atoms with Gasteiger partial charge in [0.25, 0.3) is 0 Å². The number of aliphatic hydroxyl groups excluding tert-OH is 1. The van der Waals surface area contributed by atoms with E-state index in [4.69, 9.17) is 9.47 Å². The fourth-order valence-corrected chi connectivity index (χ4v) is 12.4. The highest BCUT2D eigenvalue weighted by Gasteiger charge is 2.74. The molecule has 5 fully saturated rings. The Hall–Kier alpha value is -2.41. The van der Waals surface area contributed by atoms with Crippen LogP contribution in [0.4, 0.5) is 0 Å². The van der Waals surface area contributed by atoms with Crippen molar-refractivity contribution in [3.63, 3.8) is 0 Å². The molecule has 0 amide bonds. The van der Waals surface area contributed by atoms with Crippen LogP contribution >= 0.6 is 0 Å². The Morgan fingerprint density at radius 2 is 1.79 bits per heavy atom. The van der Waals surface area contributed by atoms with Gasteiger partial charge in [-0.2, -0.15) is 0 Å². The Bertz CT molecular complexity index is 1400. The molecule has 11 atom stereocenters. The van der Waals surface area contributed by atoms with E-state index in [2.05, 4.69) is 63.5 Å². The van der Waals surface area contributed by atoms with E-state index in [1.807, 2.05) is 13.3 Å². The zero-order chi connectivity index (χ0) is 33.9. The van der Waals surface area contributed by atoms with Crippen LogP contribution in [0.15, 0.2) is 36.8 Å². The summed E-state index contributed by atoms with van der Waals surface area (Å²) in [7, 11) is 0. The van der Waals surface area contributed by atoms with Crippen molar-refractivity contribution in [3.05, 3.63) is 42.5 Å². The average Bonchev–Trinajstić information content (AvgIpc) is 3.58. The molecule has 0 spiro atoms. The van der Waals surface area contributed by atoms with Gasteiger partial charge in [0, 0.05) is 24.1 Å². The summed E-state index contributed by atoms with van der Waals surface area (Å²) in [5.74, 6) is 0.390. The van der Waals surface area contributed by atoms with Gasteiger partial charge in [0.1, 0.15) is 6.10 Å². The standard InChI is InChI=1S/C40H60N2O5/c1-25(2)28-13-16-40(36(45)46-20-12-10-9-11-19-42-23-27(5)41-24-42)18-17-37(6)30(34(28)40)21-31-35-38(37,7)15-14-29(26(3)4)39(35,8)32(43)22-33(44)47-31/h23-24,28-32,34-35,43H,1,3,9-22H2,2,4-8H3/t28-,29-,30+,31+,32+,34+,35-,37+,38+,39+,40-/m0/s1. The van der Waals surface area contributed by atoms with Crippen molar-refractivity contribution < 1.29 is 24.2 Å². The third-order valence-corrected chi connectivity index (χ3v) is 14.8. The van der Waals surface area contributed by atoms with Crippen LogP contribution in [0.5, 0.6) is 0 Å². The number of esters is 2. The van der Waals surface area contributed by atoms with E-state index in [1.165, 1.54) is 0 Å². The molecule has 0 radical (unpaired) electrons. The molecule has 1 aromatic rings. The molecule has 7 heteroatoms. The van der Waals surface area contributed by atoms with E-state index in [1.54, 1.807) is 0 Å². The van der Waals surface area contributed by atoms with Crippen molar-refractivity contribution in [3.8, 4) is 0 Å². The van der Waals surface area contributed by atoms with Gasteiger partial charge in [0.15, 0.2) is 0 Å². The number of carbonyl (C=O) groups is 2. The fourth-order valence-electron chi connectivity index (χ4n) is 12.4. The normalized spacial score (nSPS) is 42.4. The molecule has 4 saturated carbocycles. The lowest BCUT2D eigenvalue weighted by molar-refractivity contribution is -0.260. The first-order valence-electron chi connectivity index (χ1n) is 18.5. The molecule has 47 heavy (non-hydrogen) atoms. The van der Waals surface area contributed by atoms with Crippen molar-refractivity contribution in [1.29, 1.82) is 0 Å². The molecule has 0 unspecified atom stereocenters. The van der Waals surface area contributed by atoms with Gasteiger partial charge in [-0.3, -0.25) is 9.59 Å². The lowest BCUT2D eigenvalue weighted by Crippen LogP contribution is -2.69. The highest BCUT2D eigenvalue weighted by atomic mass is 16.5. The first-order valence-corrected chi connectivity index (χ1v) is 18.5. The van der Waals surface area contributed by atoms with E-state index in [0.717, 1.165) is 94.0 Å². The Morgan fingerprint density at radius 3 is 2.47 bits per heavy atom. The monoisotopic (exact) mass is 648 g/mol. The second-order valence-corrected chi connectivity index (χ2v) is 17.2. The molecule has 1 N–H and O–H groups in total. The van der Waals surface area contributed by atoms with Crippen LogP contribution in [0.1, 0.15) is 117 Å². The number of hydrogen-bond donors (Lipinski definition) is 1. The summed E-state index contributed by atoms with van der Waals surface area (Å²) in [6, 6.07) is 0. The third-order valence-electron chi connectivity index (χ3n) is 14.8. The van der Waals surface area contributed by atoms with Crippen LogP contribution in [-0.4, -0.2) is 45.4 Å². The summed E-state index contributed by atoms with van der Waals surface area (Å²) in [5.41, 5.74) is 2.01. The van der Waals surface area contributed by atoms with E-state index in [-0.39, 0.29) is 64.9 Å². The number of carbonyl (C=O) groups excluding carboxylic acids is 2. The van der Waals surface area contributed by atoms with Crippen LogP contribution < -0.4 is 0 Å². The van der Waals surface area contributed by atoms with Gasteiger partial charge < -0.3 is 19.1 Å². The van der Waals surface area contributed by atoms with Gasteiger partial charge in [0.05, 0.1) is 36.6 Å². The molecule has 1 saturated heterocycles. The van der Waals surface area contributed by atoms with Gasteiger partial charge in [0.2, 0.25) is 0 Å². The maximum atomic E-state index is 14.3. The van der Waals surface area contributed by atoms with Crippen molar-refractivity contribution in [2.45, 2.75) is 137 Å². The molecule has 0 aromatic carbocycles. The predicted octanol–water partition coefficient (Wildman–Crippen LogP) is 8.00. The first-order chi connectivity index (χ1) is 22.2. The summed E-state index contributed by atoms with van der Waals surface area (Å²) >= 11 is 0. The van der Waals surface area contributed by atoms with Gasteiger partial charge in [-0.15, -0.1) is 0 Å². The second-order valence-electron chi connectivity index (χ2n) is 17.2. The van der Waals surface area contributed by atoms with Crippen LogP contribution in [0.2, 0.25) is 0 Å². The molecular formula is C40H60N2O5. The minimum atomic E-state index is -0.770. The lowest BCUT2D eigenvalue weighted by Gasteiger charge is -2.71. The van der Waals surface area contributed by atoms with Gasteiger partial charge in [-0.25, -0.2) is 4.98 Å². The number of aromatic nitrogens is 2. The molecule has 5 aliphatic rings. The SMILES string of the molecule is C=C(C)[C@@H]1CC[C@]2(C(=O)OCCCCCCn3cnc(C)c3)CC[C@]3(C)[C@H](C[C@H]4OC(=O)C[C@@H](O)[C@]5(C)[C@@H]4[C@@]3(C)CC[C@H]5C(=C)C)[C@@H]12. The van der Waals surface area contributed by atoms with E-state index < -0.39 is 16.9 Å². The fraction of sp³-hybridized carbons (Fsp3) is 0.775. The summed E-state index contributed by atoms with van der Waals surface area (Å²) in [5, 5.41) is 11.7. The van der Waals surface area contributed by atoms with Crippen molar-refractivity contribution >= 4 is 11.9 Å². The van der Waals surface area contributed by atoms with Crippen molar-refractivity contribution in [2.75, 3.05) is 6.61 Å². The van der Waals surface area contributed by atoms with E-state index in [0.29, 0.717) is 6.61 Å². The van der Waals surface area contributed by atoms with Crippen LogP contribution in [-0.2, 0) is 25.6 Å². The van der Waals surface area contributed by atoms with Gasteiger partial charge in [-0.1, -0.05) is 51.5 Å².